The Kier molecular flexibility index (Phi) is 5.85. The number of fused-ring (bicyclic) bond motifs is 1. The zero-order valence-corrected chi connectivity index (χ0v) is 13.8. The number of thioether (sulfide) groups is 1. The van der Waals surface area contributed by atoms with Crippen molar-refractivity contribution in [1.29, 1.82) is 0 Å². The van der Waals surface area contributed by atoms with E-state index in [0.29, 0.717) is 11.8 Å². The molecule has 0 unspecified atom stereocenters. The van der Waals surface area contributed by atoms with Gasteiger partial charge in [0.15, 0.2) is 5.58 Å². The minimum atomic E-state index is -0.0856. The number of aromatic nitrogens is 1. The molecule has 1 heterocycles. The second kappa shape index (κ2) is 7.65. The highest BCUT2D eigenvalue weighted by Crippen LogP contribution is 2.23. The van der Waals surface area contributed by atoms with Crippen LogP contribution in [0.15, 0.2) is 33.9 Å². The number of aliphatic hydroxyl groups is 1. The Hall–Kier alpha value is -1.53. The van der Waals surface area contributed by atoms with Crippen LogP contribution < -0.4 is 5.32 Å². The molecule has 0 spiro atoms. The third kappa shape index (κ3) is 5.03. The minimum absolute atomic E-state index is 0.0333. The monoisotopic (exact) mass is 322 g/mol. The highest BCUT2D eigenvalue weighted by atomic mass is 32.2. The number of nitrogens with one attached hydrogen (secondary N) is 1. The molecular weight excluding hydrogens is 300 g/mol. The van der Waals surface area contributed by atoms with E-state index in [1.807, 2.05) is 38.1 Å². The highest BCUT2D eigenvalue weighted by molar-refractivity contribution is 7.99. The second-order valence-electron chi connectivity index (χ2n) is 6.01. The van der Waals surface area contributed by atoms with Crippen LogP contribution in [0.1, 0.15) is 26.7 Å². The molecule has 0 aliphatic carbocycles. The highest BCUT2D eigenvalue weighted by Gasteiger charge is 2.15. The van der Waals surface area contributed by atoms with Gasteiger partial charge in [-0.1, -0.05) is 37.7 Å². The SMILES string of the molecule is CC(C)(CO)CCCNC(=O)CSc1nc2ccccc2o1. The average Bonchev–Trinajstić information content (AvgIpc) is 2.92. The van der Waals surface area contributed by atoms with Crippen molar-refractivity contribution in [2.45, 2.75) is 31.9 Å². The summed E-state index contributed by atoms with van der Waals surface area (Å²) in [7, 11) is 0. The zero-order valence-electron chi connectivity index (χ0n) is 13.0. The van der Waals surface area contributed by atoms with Crippen LogP contribution in [0.5, 0.6) is 0 Å². The van der Waals surface area contributed by atoms with Crippen LogP contribution in [0.4, 0.5) is 0 Å². The Bertz CT molecular complexity index is 592. The van der Waals surface area contributed by atoms with Crippen LogP contribution in [-0.4, -0.2) is 34.9 Å². The summed E-state index contributed by atoms with van der Waals surface area (Å²) in [5, 5.41) is 12.5. The van der Waals surface area contributed by atoms with E-state index in [0.717, 1.165) is 23.9 Å². The van der Waals surface area contributed by atoms with Gasteiger partial charge >= 0.3 is 0 Å². The van der Waals surface area contributed by atoms with E-state index in [1.54, 1.807) is 0 Å². The molecule has 0 aliphatic heterocycles. The Morgan fingerprint density at radius 3 is 2.91 bits per heavy atom. The van der Waals surface area contributed by atoms with Gasteiger partial charge in [-0.05, 0) is 30.4 Å². The van der Waals surface area contributed by atoms with Gasteiger partial charge in [0.1, 0.15) is 5.52 Å². The van der Waals surface area contributed by atoms with E-state index >= 15 is 0 Å². The first kappa shape index (κ1) is 16.8. The van der Waals surface area contributed by atoms with Gasteiger partial charge in [-0.25, -0.2) is 4.98 Å². The number of para-hydroxylation sites is 2. The number of oxazole rings is 1. The summed E-state index contributed by atoms with van der Waals surface area (Å²) in [6.45, 7) is 4.81. The summed E-state index contributed by atoms with van der Waals surface area (Å²) in [4.78, 5) is 16.1. The zero-order chi connectivity index (χ0) is 16.0. The first-order valence-electron chi connectivity index (χ1n) is 7.36. The summed E-state index contributed by atoms with van der Waals surface area (Å²) >= 11 is 1.29. The molecule has 0 atom stereocenters. The molecule has 0 fully saturated rings. The topological polar surface area (TPSA) is 75.4 Å². The fourth-order valence-electron chi connectivity index (χ4n) is 1.96. The Labute approximate surface area is 134 Å². The van der Waals surface area contributed by atoms with Crippen LogP contribution in [0.25, 0.3) is 11.1 Å². The quantitative estimate of drug-likeness (QED) is 0.577. The smallest absolute Gasteiger partial charge is 0.257 e. The molecule has 1 aromatic heterocycles. The summed E-state index contributed by atoms with van der Waals surface area (Å²) in [6.07, 6.45) is 1.73. The van der Waals surface area contributed by atoms with Crippen molar-refractivity contribution >= 4 is 28.8 Å². The minimum Gasteiger partial charge on any atom is -0.431 e. The number of nitrogens with zero attached hydrogens (tertiary/aromatic N) is 1. The van der Waals surface area contributed by atoms with Crippen LogP contribution in [0.2, 0.25) is 0 Å². The summed E-state index contributed by atoms with van der Waals surface area (Å²) in [5.41, 5.74) is 1.45. The molecule has 2 N–H and O–H groups in total. The normalized spacial score (nSPS) is 11.8. The van der Waals surface area contributed by atoms with Gasteiger partial charge in [0.25, 0.3) is 5.22 Å². The fraction of sp³-hybridized carbons (Fsp3) is 0.500. The maximum absolute atomic E-state index is 11.8. The third-order valence-corrected chi connectivity index (χ3v) is 4.21. The maximum atomic E-state index is 11.8. The third-order valence-electron chi connectivity index (χ3n) is 3.38. The number of carbonyl (C=O) groups is 1. The lowest BCUT2D eigenvalue weighted by molar-refractivity contribution is -0.118. The lowest BCUT2D eigenvalue weighted by Crippen LogP contribution is -2.27. The number of benzene rings is 1. The first-order valence-corrected chi connectivity index (χ1v) is 8.35. The van der Waals surface area contributed by atoms with E-state index in [2.05, 4.69) is 10.3 Å². The molecule has 2 aromatic rings. The van der Waals surface area contributed by atoms with Gasteiger partial charge in [-0.15, -0.1) is 0 Å². The van der Waals surface area contributed by atoms with Crippen molar-refractivity contribution in [1.82, 2.24) is 10.3 Å². The lowest BCUT2D eigenvalue weighted by Gasteiger charge is -2.21. The number of aliphatic hydroxyl groups excluding tert-OH is 1. The summed E-state index contributed by atoms with van der Waals surface area (Å²) in [6, 6.07) is 7.53. The number of hydrogen-bond donors (Lipinski definition) is 2. The van der Waals surface area contributed by atoms with Crippen molar-refractivity contribution in [2.24, 2.45) is 5.41 Å². The van der Waals surface area contributed by atoms with E-state index in [-0.39, 0.29) is 23.7 Å². The standard InChI is InChI=1S/C16H22N2O3S/c1-16(2,11-19)8-5-9-17-14(20)10-22-15-18-12-6-3-4-7-13(12)21-15/h3-4,6-7,19H,5,8-11H2,1-2H3,(H,17,20). The molecule has 1 amide bonds. The first-order chi connectivity index (χ1) is 10.5. The average molecular weight is 322 g/mol. The molecule has 120 valence electrons. The van der Waals surface area contributed by atoms with Crippen molar-refractivity contribution in [3.05, 3.63) is 24.3 Å². The van der Waals surface area contributed by atoms with Crippen molar-refractivity contribution in [2.75, 3.05) is 18.9 Å². The maximum Gasteiger partial charge on any atom is 0.257 e. The molecule has 1 aromatic carbocycles. The Morgan fingerprint density at radius 2 is 2.18 bits per heavy atom. The molecule has 22 heavy (non-hydrogen) atoms. The van der Waals surface area contributed by atoms with Gasteiger partial charge in [-0.3, -0.25) is 4.79 Å². The van der Waals surface area contributed by atoms with Crippen molar-refractivity contribution in [3.8, 4) is 0 Å². The van der Waals surface area contributed by atoms with Crippen LogP contribution in [0, 0.1) is 5.41 Å². The molecule has 0 aliphatic rings. The van der Waals surface area contributed by atoms with E-state index < -0.39 is 0 Å². The molecule has 0 saturated carbocycles. The number of hydrogen-bond acceptors (Lipinski definition) is 5. The largest absolute Gasteiger partial charge is 0.431 e. The van der Waals surface area contributed by atoms with Crippen molar-refractivity contribution < 1.29 is 14.3 Å². The molecule has 0 bridgehead atoms. The van der Waals surface area contributed by atoms with Gasteiger partial charge in [-0.2, -0.15) is 0 Å². The second-order valence-corrected chi connectivity index (χ2v) is 6.94. The van der Waals surface area contributed by atoms with E-state index in [4.69, 9.17) is 9.52 Å². The Morgan fingerprint density at radius 1 is 1.41 bits per heavy atom. The van der Waals surface area contributed by atoms with E-state index in [9.17, 15) is 4.79 Å². The van der Waals surface area contributed by atoms with Gasteiger partial charge in [0, 0.05) is 13.2 Å². The molecule has 2 rings (SSSR count). The molecule has 0 saturated heterocycles. The molecule has 6 heteroatoms. The number of rotatable bonds is 8. The molecule has 0 radical (unpaired) electrons. The van der Waals surface area contributed by atoms with Gasteiger partial charge in [0.05, 0.1) is 5.75 Å². The van der Waals surface area contributed by atoms with Gasteiger partial charge < -0.3 is 14.8 Å². The van der Waals surface area contributed by atoms with E-state index in [1.165, 1.54) is 11.8 Å². The molecule has 5 nitrogen and oxygen atoms in total. The predicted octanol–water partition coefficient (Wildman–Crippen LogP) is 2.83. The van der Waals surface area contributed by atoms with Crippen LogP contribution >= 0.6 is 11.8 Å². The predicted molar refractivity (Wildman–Crippen MR) is 87.8 cm³/mol. The molecular formula is C16H22N2O3S. The number of amides is 1. The Balaban J connectivity index is 1.69. The summed E-state index contributed by atoms with van der Waals surface area (Å²) < 4.78 is 5.55. The number of carbonyl (C=O) groups excluding carboxylic acids is 1. The van der Waals surface area contributed by atoms with Crippen LogP contribution in [0.3, 0.4) is 0 Å². The summed E-state index contributed by atoms with van der Waals surface area (Å²) in [5.74, 6) is 0.255. The van der Waals surface area contributed by atoms with Crippen LogP contribution in [-0.2, 0) is 4.79 Å². The lowest BCUT2D eigenvalue weighted by atomic mass is 9.89. The fourth-order valence-corrected chi connectivity index (χ4v) is 2.63. The van der Waals surface area contributed by atoms with Crippen molar-refractivity contribution in [3.63, 3.8) is 0 Å². The van der Waals surface area contributed by atoms with Gasteiger partial charge in [0.2, 0.25) is 5.91 Å².